The summed E-state index contributed by atoms with van der Waals surface area (Å²) in [6.07, 6.45) is 72.1. The number of unbranched alkanes of at least 4 members (excludes halogenated alkanes) is 20. The SMILES string of the molecule is CC/C=C\C/C=C\C/C=C\C/C=C\C/C=C\C/C=C\CCC(=O)OC1C(OCC(NC(=O)C(O)CCCCCCCCCC/C=C\C/C=C\C/C=C\C/C=C\CCCCC)C(O)/C=C/CCCCCCCCCCC)OC(CO)C(O)C1O. The van der Waals surface area contributed by atoms with Crippen molar-refractivity contribution >= 4 is 11.9 Å². The number of esters is 1. The molecule has 1 amide bonds. The molecule has 1 fully saturated rings. The molecule has 0 saturated carbocycles. The van der Waals surface area contributed by atoms with Gasteiger partial charge in [-0.15, -0.1) is 0 Å². The first-order valence-electron chi connectivity index (χ1n) is 33.0. The van der Waals surface area contributed by atoms with Gasteiger partial charge in [-0.1, -0.05) is 264 Å². The predicted octanol–water partition coefficient (Wildman–Crippen LogP) is 16.4. The van der Waals surface area contributed by atoms with Crippen LogP contribution in [-0.2, 0) is 23.8 Å². The fourth-order valence-corrected chi connectivity index (χ4v) is 9.37. The number of carbonyl (C=O) groups excluding carboxylic acids is 2. The molecule has 0 spiro atoms. The maximum atomic E-state index is 13.5. The number of hydrogen-bond acceptors (Lipinski definition) is 10. The van der Waals surface area contributed by atoms with Crippen molar-refractivity contribution < 1.29 is 49.3 Å². The van der Waals surface area contributed by atoms with Crippen LogP contribution in [0.15, 0.2) is 134 Å². The zero-order valence-corrected chi connectivity index (χ0v) is 52.3. The zero-order chi connectivity index (χ0) is 60.3. The van der Waals surface area contributed by atoms with Gasteiger partial charge in [-0.2, -0.15) is 0 Å². The third-order valence-corrected chi connectivity index (χ3v) is 14.5. The molecule has 0 aromatic rings. The van der Waals surface area contributed by atoms with Gasteiger partial charge in [0.05, 0.1) is 25.4 Å². The van der Waals surface area contributed by atoms with Crippen LogP contribution in [0.3, 0.4) is 0 Å². The van der Waals surface area contributed by atoms with E-state index in [0.717, 1.165) is 109 Å². The van der Waals surface area contributed by atoms with Crippen LogP contribution >= 0.6 is 0 Å². The summed E-state index contributed by atoms with van der Waals surface area (Å²) in [4.78, 5) is 26.6. The molecule has 0 aromatic carbocycles. The summed E-state index contributed by atoms with van der Waals surface area (Å²) >= 11 is 0. The van der Waals surface area contributed by atoms with Crippen molar-refractivity contribution in [1.82, 2.24) is 5.32 Å². The highest BCUT2D eigenvalue weighted by molar-refractivity contribution is 5.80. The summed E-state index contributed by atoms with van der Waals surface area (Å²) < 4.78 is 17.5. The Bertz CT molecular complexity index is 1860. The summed E-state index contributed by atoms with van der Waals surface area (Å²) in [6, 6.07) is -1.05. The van der Waals surface area contributed by atoms with Crippen molar-refractivity contribution in [3.05, 3.63) is 134 Å². The maximum Gasteiger partial charge on any atom is 0.306 e. The Kier molecular flexibility index (Phi) is 53.9. The first-order valence-corrected chi connectivity index (χ1v) is 33.0. The average Bonchev–Trinajstić information content (AvgIpc) is 3.69. The van der Waals surface area contributed by atoms with E-state index in [2.05, 4.69) is 135 Å². The number of nitrogens with one attached hydrogen (secondary N) is 1. The van der Waals surface area contributed by atoms with Crippen LogP contribution in [-0.4, -0.2) is 99.6 Å². The van der Waals surface area contributed by atoms with E-state index in [1.165, 1.54) is 83.5 Å². The fraction of sp³-hybridized carbons (Fsp3) is 0.667. The van der Waals surface area contributed by atoms with Crippen molar-refractivity contribution in [2.45, 2.75) is 294 Å². The number of hydrogen-bond donors (Lipinski definition) is 6. The van der Waals surface area contributed by atoms with Gasteiger partial charge < -0.3 is 45.1 Å². The van der Waals surface area contributed by atoms with Crippen LogP contribution in [0.4, 0.5) is 0 Å². The van der Waals surface area contributed by atoms with E-state index < -0.39 is 67.4 Å². The quantitative estimate of drug-likeness (QED) is 0.0195. The summed E-state index contributed by atoms with van der Waals surface area (Å²) in [6.45, 7) is 5.59. The molecule has 11 nitrogen and oxygen atoms in total. The van der Waals surface area contributed by atoms with Crippen LogP contribution in [0, 0.1) is 0 Å². The van der Waals surface area contributed by atoms with Crippen molar-refractivity contribution in [3.8, 4) is 0 Å². The molecule has 11 heteroatoms. The molecule has 1 saturated heterocycles. The minimum Gasteiger partial charge on any atom is -0.454 e. The Morgan fingerprint density at radius 3 is 1.33 bits per heavy atom. The molecule has 0 aliphatic carbocycles. The van der Waals surface area contributed by atoms with E-state index in [1.54, 1.807) is 6.08 Å². The molecule has 472 valence electrons. The molecule has 0 bridgehead atoms. The second kappa shape index (κ2) is 58.2. The maximum absolute atomic E-state index is 13.5. The van der Waals surface area contributed by atoms with Gasteiger partial charge in [0.25, 0.3) is 0 Å². The van der Waals surface area contributed by atoms with Crippen molar-refractivity contribution in [3.63, 3.8) is 0 Å². The highest BCUT2D eigenvalue weighted by Crippen LogP contribution is 2.26. The predicted molar refractivity (Wildman–Crippen MR) is 347 cm³/mol. The van der Waals surface area contributed by atoms with E-state index in [1.807, 2.05) is 18.2 Å². The van der Waals surface area contributed by atoms with Gasteiger partial charge in [0.15, 0.2) is 12.4 Å². The molecular formula is C72H119NO10. The number of allylic oxidation sites excluding steroid dienone is 21. The molecular weight excluding hydrogens is 1040 g/mol. The van der Waals surface area contributed by atoms with E-state index in [9.17, 15) is 35.1 Å². The Morgan fingerprint density at radius 1 is 0.482 bits per heavy atom. The molecule has 1 aliphatic rings. The molecule has 8 atom stereocenters. The highest BCUT2D eigenvalue weighted by Gasteiger charge is 2.47. The molecule has 0 aromatic heterocycles. The fourth-order valence-electron chi connectivity index (χ4n) is 9.37. The largest absolute Gasteiger partial charge is 0.454 e. The number of carbonyl (C=O) groups is 2. The number of rotatable bonds is 54. The van der Waals surface area contributed by atoms with Crippen LogP contribution in [0.25, 0.3) is 0 Å². The lowest BCUT2D eigenvalue weighted by atomic mass is 9.99. The first kappa shape index (κ1) is 76.8. The lowest BCUT2D eigenvalue weighted by Crippen LogP contribution is -2.61. The lowest BCUT2D eigenvalue weighted by Gasteiger charge is -2.41. The second-order valence-electron chi connectivity index (χ2n) is 22.1. The zero-order valence-electron chi connectivity index (χ0n) is 52.3. The van der Waals surface area contributed by atoms with E-state index >= 15 is 0 Å². The minimum atomic E-state index is -1.65. The van der Waals surface area contributed by atoms with Gasteiger partial charge in [-0.05, 0) is 109 Å². The third kappa shape index (κ3) is 45.8. The monoisotopic (exact) mass is 1160 g/mol. The van der Waals surface area contributed by atoms with Gasteiger partial charge in [0.1, 0.15) is 24.4 Å². The number of aliphatic hydroxyl groups excluding tert-OH is 5. The lowest BCUT2D eigenvalue weighted by molar-refractivity contribution is -0.305. The topological polar surface area (TPSA) is 175 Å². The summed E-state index contributed by atoms with van der Waals surface area (Å²) in [7, 11) is 0. The van der Waals surface area contributed by atoms with Gasteiger partial charge in [-0.3, -0.25) is 9.59 Å². The standard InChI is InChI=1S/C72H119NO10/c1-4-7-10-13-16-19-22-24-26-28-30-31-32-33-34-36-37-39-41-44-47-50-53-56-59-65(76)71(80)73-63(64(75)58-55-52-49-46-43-21-18-15-12-9-6-3)62-81-72-70(69(79)68(78)66(61-74)82-72)83-67(77)60-57-54-51-48-45-42-40-38-35-29-27-25-23-20-17-14-11-8-5-2/h8,11,16-17,19-20,24-27,30-31,33-35,38,42,45,51,54-55,58,63-66,68-70,72,74-76,78-79H,4-7,9-10,12-15,18,21-23,28-29,32,36-37,39-41,43-44,46-50,52-53,56-57,59-62H2,1-3H3,(H,73,80)/b11-8-,19-16-,20-17-,26-24-,27-25-,31-30-,34-33-,38-35-,45-42-,54-51-,58-55+. The van der Waals surface area contributed by atoms with E-state index in [0.29, 0.717) is 19.3 Å². The van der Waals surface area contributed by atoms with Gasteiger partial charge in [0, 0.05) is 6.42 Å². The van der Waals surface area contributed by atoms with E-state index in [-0.39, 0.29) is 19.4 Å². The highest BCUT2D eigenvalue weighted by atomic mass is 16.7. The Labute approximate surface area is 505 Å². The van der Waals surface area contributed by atoms with Crippen molar-refractivity contribution in [2.75, 3.05) is 13.2 Å². The second-order valence-corrected chi connectivity index (χ2v) is 22.1. The number of amides is 1. The van der Waals surface area contributed by atoms with Crippen LogP contribution in [0.5, 0.6) is 0 Å². The smallest absolute Gasteiger partial charge is 0.306 e. The Morgan fingerprint density at radius 2 is 0.867 bits per heavy atom. The van der Waals surface area contributed by atoms with Crippen LogP contribution < -0.4 is 5.32 Å². The molecule has 1 aliphatic heterocycles. The first-order chi connectivity index (χ1) is 40.7. The Balaban J connectivity index is 2.66. The summed E-state index contributed by atoms with van der Waals surface area (Å²) in [5.41, 5.74) is 0. The normalized spacial score (nSPS) is 19.4. The summed E-state index contributed by atoms with van der Waals surface area (Å²) in [5.74, 6) is -1.30. The number of ether oxygens (including phenoxy) is 3. The van der Waals surface area contributed by atoms with Gasteiger partial charge in [0.2, 0.25) is 5.91 Å². The van der Waals surface area contributed by atoms with Crippen molar-refractivity contribution in [1.29, 1.82) is 0 Å². The molecule has 6 N–H and O–H groups in total. The minimum absolute atomic E-state index is 0.00943. The Hall–Kier alpha value is -4.20. The van der Waals surface area contributed by atoms with Gasteiger partial charge in [-0.25, -0.2) is 0 Å². The van der Waals surface area contributed by atoms with Gasteiger partial charge >= 0.3 is 5.97 Å². The molecule has 1 heterocycles. The summed E-state index contributed by atoms with van der Waals surface area (Å²) in [5, 5.41) is 57.0. The molecule has 83 heavy (non-hydrogen) atoms. The van der Waals surface area contributed by atoms with Crippen molar-refractivity contribution in [2.24, 2.45) is 0 Å². The van der Waals surface area contributed by atoms with Crippen LogP contribution in [0.1, 0.15) is 245 Å². The number of aliphatic hydroxyl groups is 5. The van der Waals surface area contributed by atoms with Crippen LogP contribution in [0.2, 0.25) is 0 Å². The van der Waals surface area contributed by atoms with E-state index in [4.69, 9.17) is 14.2 Å². The average molecular weight is 1160 g/mol. The molecule has 0 radical (unpaired) electrons. The molecule has 1 rings (SSSR count). The third-order valence-electron chi connectivity index (χ3n) is 14.5. The molecule has 8 unspecified atom stereocenters.